The van der Waals surface area contributed by atoms with Crippen LogP contribution in [0.3, 0.4) is 0 Å². The van der Waals surface area contributed by atoms with Crippen LogP contribution in [0.25, 0.3) is 0 Å². The van der Waals surface area contributed by atoms with Crippen LogP contribution >= 0.6 is 0 Å². The summed E-state index contributed by atoms with van der Waals surface area (Å²) in [7, 11) is 1.21. The summed E-state index contributed by atoms with van der Waals surface area (Å²) in [6.07, 6.45) is 2.97. The van der Waals surface area contributed by atoms with Crippen molar-refractivity contribution in [3.63, 3.8) is 0 Å². The second-order valence-corrected chi connectivity index (χ2v) is 12.7. The summed E-state index contributed by atoms with van der Waals surface area (Å²) < 4.78 is 49.4. The Kier molecular flexibility index (Phi) is 8.60. The molecular formula is C28H40N2O6S+2. The Hall–Kier alpha value is -2.43. The number of nitrogens with zero attached hydrogens (tertiary/aromatic N) is 2. The third-order valence-corrected chi connectivity index (χ3v) is 8.41. The van der Waals surface area contributed by atoms with Gasteiger partial charge < -0.3 is 27.9 Å². The van der Waals surface area contributed by atoms with Gasteiger partial charge in [-0.3, -0.25) is 0 Å². The Labute approximate surface area is 221 Å². The third kappa shape index (κ3) is 7.33. The van der Waals surface area contributed by atoms with Gasteiger partial charge in [0.2, 0.25) is 0 Å². The largest absolute Gasteiger partial charge is 0.489 e. The second kappa shape index (κ2) is 11.5. The molecule has 2 saturated heterocycles. The zero-order chi connectivity index (χ0) is 26.5. The zero-order valence-corrected chi connectivity index (χ0v) is 23.1. The molecule has 2 aliphatic rings. The average molecular weight is 533 g/mol. The van der Waals surface area contributed by atoms with Crippen LogP contribution in [-0.2, 0) is 32.4 Å². The van der Waals surface area contributed by atoms with Gasteiger partial charge >= 0.3 is 0 Å². The molecule has 2 aliphatic heterocycles. The normalized spacial score (nSPS) is 19.2. The van der Waals surface area contributed by atoms with Crippen LogP contribution in [-0.4, -0.2) is 96.9 Å². The highest BCUT2D eigenvalue weighted by Crippen LogP contribution is 2.36. The minimum absolute atomic E-state index is 0.269. The van der Waals surface area contributed by atoms with Gasteiger partial charge in [-0.1, -0.05) is 12.7 Å². The van der Waals surface area contributed by atoms with Gasteiger partial charge in [0.05, 0.1) is 56.5 Å². The van der Waals surface area contributed by atoms with E-state index in [2.05, 4.69) is 32.8 Å². The Morgan fingerprint density at radius 2 is 1.35 bits per heavy atom. The Balaban J connectivity index is 1.72. The average Bonchev–Trinajstić information content (AvgIpc) is 2.85. The van der Waals surface area contributed by atoms with Gasteiger partial charge in [0.15, 0.2) is 9.84 Å². The smallest absolute Gasteiger partial charge is 0.175 e. The first-order valence-electron chi connectivity index (χ1n) is 12.8. The van der Waals surface area contributed by atoms with Crippen molar-refractivity contribution in [2.45, 2.75) is 18.0 Å². The molecule has 0 unspecified atom stereocenters. The molecule has 0 amide bonds. The van der Waals surface area contributed by atoms with Gasteiger partial charge in [0.25, 0.3) is 0 Å². The van der Waals surface area contributed by atoms with Gasteiger partial charge in [0.1, 0.15) is 63.1 Å². The molecule has 0 aromatic heterocycles. The van der Waals surface area contributed by atoms with E-state index in [1.54, 1.807) is 30.3 Å². The highest BCUT2D eigenvalue weighted by atomic mass is 32.2. The molecule has 37 heavy (non-hydrogen) atoms. The summed E-state index contributed by atoms with van der Waals surface area (Å²) in [5.74, 6) is 2.20. The van der Waals surface area contributed by atoms with Gasteiger partial charge in [0, 0.05) is 6.26 Å². The van der Waals surface area contributed by atoms with E-state index in [0.717, 1.165) is 97.3 Å². The van der Waals surface area contributed by atoms with Crippen LogP contribution < -0.4 is 9.47 Å². The topological polar surface area (TPSA) is 71.1 Å². The van der Waals surface area contributed by atoms with Crippen LogP contribution in [0.1, 0.15) is 11.1 Å². The maximum Gasteiger partial charge on any atom is 0.175 e. The van der Waals surface area contributed by atoms with E-state index >= 15 is 0 Å². The van der Waals surface area contributed by atoms with Crippen molar-refractivity contribution >= 4 is 9.84 Å². The zero-order valence-electron chi connectivity index (χ0n) is 22.3. The van der Waals surface area contributed by atoms with Crippen LogP contribution in [0.2, 0.25) is 0 Å². The lowest BCUT2D eigenvalue weighted by Gasteiger charge is -2.39. The number of morpholine rings is 2. The monoisotopic (exact) mass is 532 g/mol. The fourth-order valence-corrected chi connectivity index (χ4v) is 5.49. The van der Waals surface area contributed by atoms with Gasteiger partial charge in [-0.05, 0) is 36.4 Å². The third-order valence-electron chi connectivity index (χ3n) is 7.29. The second-order valence-electron chi connectivity index (χ2n) is 10.7. The number of rotatable bonds is 10. The van der Waals surface area contributed by atoms with Crippen molar-refractivity contribution in [3.8, 4) is 17.2 Å². The van der Waals surface area contributed by atoms with Crippen LogP contribution in [0.4, 0.5) is 0 Å². The molecule has 0 bridgehead atoms. The van der Waals surface area contributed by atoms with E-state index < -0.39 is 9.84 Å². The van der Waals surface area contributed by atoms with Crippen molar-refractivity contribution in [1.29, 1.82) is 0 Å². The number of likely N-dealkylation sites (N-methyl/N-ethyl adjacent to an activating group) is 2. The Morgan fingerprint density at radius 3 is 1.84 bits per heavy atom. The molecule has 0 radical (unpaired) electrons. The van der Waals surface area contributed by atoms with Gasteiger partial charge in [-0.15, -0.1) is 0 Å². The lowest BCUT2D eigenvalue weighted by molar-refractivity contribution is -0.929. The first-order valence-corrected chi connectivity index (χ1v) is 14.7. The maximum atomic E-state index is 11.9. The summed E-state index contributed by atoms with van der Waals surface area (Å²) in [5, 5.41) is 0. The van der Waals surface area contributed by atoms with E-state index in [1.807, 2.05) is 0 Å². The van der Waals surface area contributed by atoms with Crippen molar-refractivity contribution in [2.24, 2.45) is 0 Å². The fraction of sp³-hybridized carbons (Fsp3) is 0.500. The van der Waals surface area contributed by atoms with E-state index in [-0.39, 0.29) is 4.90 Å². The molecule has 8 nitrogen and oxygen atoms in total. The maximum absolute atomic E-state index is 11.9. The molecule has 2 fully saturated rings. The van der Waals surface area contributed by atoms with Crippen molar-refractivity contribution < 1.29 is 36.3 Å². The lowest BCUT2D eigenvalue weighted by atomic mass is 10.0. The van der Waals surface area contributed by atoms with E-state index in [9.17, 15) is 8.42 Å². The number of quaternary nitrogens is 2. The fourth-order valence-electron chi connectivity index (χ4n) is 4.86. The molecule has 0 atom stereocenters. The molecule has 0 spiro atoms. The van der Waals surface area contributed by atoms with Crippen LogP contribution in [0.5, 0.6) is 17.2 Å². The predicted molar refractivity (Wildman–Crippen MR) is 143 cm³/mol. The molecule has 2 heterocycles. The SMILES string of the molecule is C=CCOc1cc(C[N+]2(C)CCOCC2)c(Oc2ccc(S(C)(=O)=O)cc2)cc1C[N+]1(C)CCOCC1. The first kappa shape index (κ1) is 27.6. The van der Waals surface area contributed by atoms with Crippen LogP contribution in [0.15, 0.2) is 53.9 Å². The minimum atomic E-state index is -3.28. The number of hydrogen-bond donors (Lipinski definition) is 0. The minimum Gasteiger partial charge on any atom is -0.489 e. The molecule has 4 rings (SSSR count). The molecule has 9 heteroatoms. The summed E-state index contributed by atoms with van der Waals surface area (Å²) >= 11 is 0. The molecule has 2 aromatic carbocycles. The number of sulfone groups is 1. The Morgan fingerprint density at radius 1 is 0.865 bits per heavy atom. The molecule has 202 valence electrons. The summed E-state index contributed by atoms with van der Waals surface area (Å²) in [4.78, 5) is 0.269. The predicted octanol–water partition coefficient (Wildman–Crippen LogP) is 3.40. The molecular weight excluding hydrogens is 492 g/mol. The van der Waals surface area contributed by atoms with E-state index in [4.69, 9.17) is 18.9 Å². The Bertz CT molecular complexity index is 1180. The first-order chi connectivity index (χ1) is 17.6. The summed E-state index contributed by atoms with van der Waals surface area (Å²) in [5.41, 5.74) is 2.12. The molecule has 2 aromatic rings. The molecule has 0 saturated carbocycles. The lowest BCUT2D eigenvalue weighted by Crippen LogP contribution is -2.51. The van der Waals surface area contributed by atoms with Crippen molar-refractivity contribution in [3.05, 3.63) is 60.2 Å². The van der Waals surface area contributed by atoms with Gasteiger partial charge in [-0.25, -0.2) is 8.42 Å². The molecule has 0 N–H and O–H groups in total. The van der Waals surface area contributed by atoms with E-state index in [1.165, 1.54) is 6.26 Å². The standard InChI is InChI=1S/C28H40N2O6S/c1-5-14-35-27-19-24(22-30(3)12-17-34-18-13-30)28(20-23(27)21-29(2)10-15-33-16-11-29)36-25-6-8-26(9-7-25)37(4,31)32/h5-9,19-20H,1,10-18,21-22H2,2-4H3/q+2. The van der Waals surface area contributed by atoms with Crippen molar-refractivity contribution in [2.75, 3.05) is 79.6 Å². The highest BCUT2D eigenvalue weighted by Gasteiger charge is 2.31. The summed E-state index contributed by atoms with van der Waals surface area (Å²) in [6.45, 7) is 12.5. The quantitative estimate of drug-likeness (QED) is 0.345. The van der Waals surface area contributed by atoms with Crippen LogP contribution in [0, 0.1) is 0 Å². The highest BCUT2D eigenvalue weighted by molar-refractivity contribution is 7.90. The van der Waals surface area contributed by atoms with E-state index in [0.29, 0.717) is 12.4 Å². The molecule has 0 aliphatic carbocycles. The van der Waals surface area contributed by atoms with Crippen molar-refractivity contribution in [1.82, 2.24) is 0 Å². The number of hydrogen-bond acceptors (Lipinski definition) is 6. The van der Waals surface area contributed by atoms with Gasteiger partial charge in [-0.2, -0.15) is 0 Å². The summed E-state index contributed by atoms with van der Waals surface area (Å²) in [6, 6.07) is 10.8. The number of ether oxygens (including phenoxy) is 4. The number of benzene rings is 2.